The van der Waals surface area contributed by atoms with Crippen LogP contribution < -0.4 is 68.4 Å². The first-order valence-corrected chi connectivity index (χ1v) is 31.3. The highest BCUT2D eigenvalue weighted by Crippen LogP contribution is 2.19. The summed E-state index contributed by atoms with van der Waals surface area (Å²) in [6.45, 7) is 9.53. The van der Waals surface area contributed by atoms with Gasteiger partial charge in [0, 0.05) is 48.4 Å². The number of aliphatic imine (C=N–C) groups is 1. The maximum absolute atomic E-state index is 10.6. The van der Waals surface area contributed by atoms with Crippen LogP contribution in [0.5, 0.6) is 5.75 Å². The SMILES string of the molecule is CC(C)C[C@H](N)C(=O)O.CC[C@H](C)[C@H](N)C(=O)O.NC(N)=NCCC[C@H](N)C(=O)O.NCCCC[C@H](N)C(=O)O.N[C@@H](Cc1c[nH]c2ccccc12)C(=O)O.N[C@@H](Cc1ccc(O)cc1)C(=O)O.N[C@@H](Cc1ccccc1)C(=O)O.N[C@@H](Cc1cnc[nH]1)C(=O)O.O=C(O)[C@@H]1CCCN1. The van der Waals surface area contributed by atoms with Crippen molar-refractivity contribution in [3.05, 3.63) is 120 Å². The average Bonchev–Trinajstić information content (AvgIpc) is 1.70. The molecule has 0 saturated carbocycles. The van der Waals surface area contributed by atoms with E-state index in [0.717, 1.165) is 71.9 Å². The van der Waals surface area contributed by atoms with Gasteiger partial charge in [-0.15, -0.1) is 0 Å². The molecule has 35 N–H and O–H groups in total. The van der Waals surface area contributed by atoms with Gasteiger partial charge in [-0.3, -0.25) is 48.1 Å². The molecule has 10 atom stereocenters. The largest absolute Gasteiger partial charge is 0.508 e. The fourth-order valence-electron chi connectivity index (χ4n) is 7.55. The van der Waals surface area contributed by atoms with Crippen molar-refractivity contribution in [3.63, 3.8) is 0 Å². The number of H-pyrrole nitrogens is 2. The van der Waals surface area contributed by atoms with Crippen molar-refractivity contribution in [2.45, 2.75) is 166 Å². The number of carbonyl (C=O) groups is 9. The third-order valence-electron chi connectivity index (χ3n) is 13.6. The normalized spacial score (nSPS) is 14.3. The molecule has 556 valence electrons. The van der Waals surface area contributed by atoms with Crippen LogP contribution in [0.3, 0.4) is 0 Å². The van der Waals surface area contributed by atoms with Crippen LogP contribution in [0.4, 0.5) is 0 Å². The van der Waals surface area contributed by atoms with Crippen molar-refractivity contribution in [3.8, 4) is 5.75 Å². The minimum absolute atomic E-state index is 0.0129. The minimum atomic E-state index is -1.02. The number of aromatic hydroxyl groups is 1. The summed E-state index contributed by atoms with van der Waals surface area (Å²) in [5.74, 6) is -7.83. The van der Waals surface area contributed by atoms with Gasteiger partial charge in [-0.05, 0) is 118 Å². The number of para-hydroxylation sites is 1. The quantitative estimate of drug-likeness (QED) is 0.0172. The summed E-state index contributed by atoms with van der Waals surface area (Å²) in [4.78, 5) is 106. The van der Waals surface area contributed by atoms with Crippen LogP contribution in [0.15, 0.2) is 103 Å². The second-order valence-corrected chi connectivity index (χ2v) is 22.6. The van der Waals surface area contributed by atoms with Gasteiger partial charge in [-0.1, -0.05) is 101 Å². The smallest absolute Gasteiger partial charge is 0.320 e. The number of hydrogen-bond donors (Lipinski definition) is 24. The fraction of sp³-hybridized carbons (Fsp3) is 0.484. The first-order valence-electron chi connectivity index (χ1n) is 31.3. The van der Waals surface area contributed by atoms with Gasteiger partial charge in [-0.25, -0.2) is 4.98 Å². The number of phenolic OH excluding ortho intramolecular Hbond substituents is 1. The summed E-state index contributed by atoms with van der Waals surface area (Å²) in [6, 6.07) is 16.8. The van der Waals surface area contributed by atoms with Crippen molar-refractivity contribution in [1.29, 1.82) is 0 Å². The van der Waals surface area contributed by atoms with Gasteiger partial charge in [0.1, 0.15) is 60.1 Å². The molecule has 35 nitrogen and oxygen atoms in total. The van der Waals surface area contributed by atoms with Gasteiger partial charge >= 0.3 is 53.7 Å². The van der Waals surface area contributed by atoms with Crippen LogP contribution in [0.2, 0.25) is 0 Å². The molecule has 1 aliphatic heterocycles. The lowest BCUT2D eigenvalue weighted by molar-refractivity contribution is -0.140. The zero-order valence-corrected chi connectivity index (χ0v) is 56.3. The Morgan fingerprint density at radius 1 is 0.556 bits per heavy atom. The maximum atomic E-state index is 10.6. The van der Waals surface area contributed by atoms with Gasteiger partial charge in [-0.2, -0.15) is 0 Å². The molecule has 3 aromatic carbocycles. The lowest BCUT2D eigenvalue weighted by Gasteiger charge is -2.11. The second-order valence-electron chi connectivity index (χ2n) is 22.6. The molecule has 2 aromatic heterocycles. The zero-order chi connectivity index (χ0) is 76.3. The van der Waals surface area contributed by atoms with E-state index < -0.39 is 102 Å². The van der Waals surface area contributed by atoms with Crippen molar-refractivity contribution in [1.82, 2.24) is 20.3 Å². The van der Waals surface area contributed by atoms with Gasteiger partial charge in [0.25, 0.3) is 0 Å². The number of nitrogens with two attached hydrogens (primary N) is 11. The van der Waals surface area contributed by atoms with Crippen molar-refractivity contribution >= 4 is 70.6 Å². The number of guanidine groups is 1. The third-order valence-corrected chi connectivity index (χ3v) is 13.6. The Morgan fingerprint density at radius 3 is 1.40 bits per heavy atom. The number of nitrogens with one attached hydrogen (secondary N) is 3. The summed E-state index contributed by atoms with van der Waals surface area (Å²) >= 11 is 0. The third kappa shape index (κ3) is 48.6. The van der Waals surface area contributed by atoms with Crippen LogP contribution in [0, 0.1) is 11.8 Å². The molecule has 99 heavy (non-hydrogen) atoms. The average molecular weight is 1400 g/mol. The Morgan fingerprint density at radius 2 is 1.02 bits per heavy atom. The van der Waals surface area contributed by atoms with Gasteiger partial charge in [0.05, 0.1) is 6.33 Å². The van der Waals surface area contributed by atoms with E-state index in [-0.39, 0.29) is 36.5 Å². The van der Waals surface area contributed by atoms with Crippen molar-refractivity contribution in [2.75, 3.05) is 19.6 Å². The first-order chi connectivity index (χ1) is 46.3. The Balaban J connectivity index is -0.00000105. The predicted octanol–water partition coefficient (Wildman–Crippen LogP) is 0.165. The lowest BCUT2D eigenvalue weighted by atomic mass is 10.0. The Kier molecular flexibility index (Phi) is 51.3. The predicted molar refractivity (Wildman–Crippen MR) is 372 cm³/mol. The highest BCUT2D eigenvalue weighted by molar-refractivity contribution is 5.84. The summed E-state index contributed by atoms with van der Waals surface area (Å²) in [5, 5.41) is 88.7. The molecule has 6 rings (SSSR count). The van der Waals surface area contributed by atoms with Gasteiger partial charge < -0.3 is 129 Å². The van der Waals surface area contributed by atoms with E-state index >= 15 is 0 Å². The maximum Gasteiger partial charge on any atom is 0.320 e. The first kappa shape index (κ1) is 93.5. The molecular weight excluding hydrogens is 1300 g/mol. The second kappa shape index (κ2) is 54.3. The van der Waals surface area contributed by atoms with E-state index in [0.29, 0.717) is 57.5 Å². The summed E-state index contributed by atoms with van der Waals surface area (Å²) < 4.78 is 0. The van der Waals surface area contributed by atoms with Crippen LogP contribution >= 0.6 is 0 Å². The number of aromatic amines is 2. The number of aromatic nitrogens is 3. The molecule has 0 radical (unpaired) electrons. The number of imidazole rings is 1. The minimum Gasteiger partial charge on any atom is -0.508 e. The molecule has 0 aliphatic carbocycles. The van der Waals surface area contributed by atoms with Crippen LogP contribution in [0.25, 0.3) is 10.9 Å². The number of aliphatic carboxylic acids is 9. The number of phenols is 1. The highest BCUT2D eigenvalue weighted by atomic mass is 16.4. The molecule has 1 aliphatic rings. The Hall–Kier alpha value is -9.69. The number of benzene rings is 3. The van der Waals surface area contributed by atoms with E-state index in [1.165, 1.54) is 18.5 Å². The molecule has 0 bridgehead atoms. The zero-order valence-electron chi connectivity index (χ0n) is 56.3. The molecule has 5 aromatic rings. The number of hydrogen-bond acceptors (Lipinski definition) is 22. The molecule has 0 amide bonds. The number of fused-ring (bicyclic) bond motifs is 1. The molecule has 0 unspecified atom stereocenters. The van der Waals surface area contributed by atoms with E-state index in [2.05, 4.69) is 25.3 Å². The molecule has 35 heteroatoms. The van der Waals surface area contributed by atoms with Crippen LogP contribution in [-0.2, 0) is 68.8 Å². The summed E-state index contributed by atoms with van der Waals surface area (Å²) in [7, 11) is 0. The highest BCUT2D eigenvalue weighted by Gasteiger charge is 2.21. The number of rotatable bonds is 29. The summed E-state index contributed by atoms with van der Waals surface area (Å²) in [5.41, 5.74) is 62.1. The number of carboxylic acid groups (broad SMARTS) is 9. The van der Waals surface area contributed by atoms with E-state index in [9.17, 15) is 43.2 Å². The lowest BCUT2D eigenvalue weighted by Crippen LogP contribution is -2.36. The monoisotopic (exact) mass is 1400 g/mol. The van der Waals surface area contributed by atoms with Gasteiger partial charge in [0.15, 0.2) is 5.96 Å². The van der Waals surface area contributed by atoms with Crippen molar-refractivity contribution in [2.24, 2.45) is 79.9 Å². The Labute approximate surface area is 574 Å². The molecular formula is C64H106N16O19. The molecule has 1 fully saturated rings. The van der Waals surface area contributed by atoms with Crippen LogP contribution in [-0.4, -0.2) is 200 Å². The topological polar surface area (TPSA) is 711 Å². The van der Waals surface area contributed by atoms with E-state index in [1.807, 2.05) is 88.5 Å². The van der Waals surface area contributed by atoms with Gasteiger partial charge in [0.2, 0.25) is 0 Å². The van der Waals surface area contributed by atoms with Crippen LogP contribution in [0.1, 0.15) is 108 Å². The Bertz CT molecular complexity index is 3100. The summed E-state index contributed by atoms with van der Waals surface area (Å²) in [6.07, 6.45) is 12.4. The molecule has 1 saturated heterocycles. The standard InChI is InChI=1S/C11H12N2O2.C9H11NO3.C9H11NO2.C6H14N4O2.C6H9N3O2.C6H14N2O2.2C6H13NO2.C5H9NO2/c12-9(11(14)15)5-7-6-13-10-4-2-1-3-8(7)10;10-8(9(12)13)5-6-1-3-7(11)4-2-6;10-8(9(11)12)6-7-4-2-1-3-5-7;7-4(5(11)12)2-1-3-10-6(8)9;7-5(6(10)11)1-4-2-8-3-9-4;7-4-2-1-3-5(8)6(9)10;1-4(2)3-5(7)6(8)9;1-3-4(2)5(7)6(8)9;7-5(8)4-2-1-3-6-4/h1-4,6,9,13H,5,12H2,(H,14,15);1-4,8,11H,5,10H2,(H,12,13);1-5,8H,6,10H2,(H,11,12);4H,1-3,7H2,(H,11,12)(H4,8,9,10);2-3,5H,1,7H2,(H,8,9)(H,10,11);5H,1-4,7-8H2,(H,9,10);2*4-5H,3,7H2,1-2H3,(H,8,9);4,6H,1-3H2,(H,7,8)/t9-;2*8-;4-;3*5-;4-,5-;4-/m000000000/s1. The molecule has 0 spiro atoms. The van der Waals surface area contributed by atoms with E-state index in [4.69, 9.17) is 114 Å². The number of unbranched alkanes of at least 4 members (excludes halogenated alkanes) is 1. The number of carboxylic acids is 9. The fourth-order valence-corrected chi connectivity index (χ4v) is 7.55. The molecule has 3 heterocycles. The van der Waals surface area contributed by atoms with Crippen molar-refractivity contribution < 1.29 is 94.2 Å². The van der Waals surface area contributed by atoms with E-state index in [1.54, 1.807) is 18.3 Å². The number of nitrogens with zero attached hydrogens (tertiary/aromatic N) is 2.